The van der Waals surface area contributed by atoms with Gasteiger partial charge < -0.3 is 10.2 Å². The molecule has 1 saturated heterocycles. The van der Waals surface area contributed by atoms with Gasteiger partial charge >= 0.3 is 0 Å². The van der Waals surface area contributed by atoms with Gasteiger partial charge in [0.25, 0.3) is 0 Å². The fourth-order valence-corrected chi connectivity index (χ4v) is 3.37. The zero-order valence-electron chi connectivity index (χ0n) is 19.1. The largest absolute Gasteiger partial charge is 0.366 e. The Hall–Kier alpha value is -3.62. The lowest BCUT2D eigenvalue weighted by Gasteiger charge is -2.34. The summed E-state index contributed by atoms with van der Waals surface area (Å²) in [5.74, 6) is 0.376. The number of carbonyl (C=O) groups is 1. The number of allylic oxidation sites excluding steroid dienone is 6. The third kappa shape index (κ3) is 8.80. The van der Waals surface area contributed by atoms with E-state index < -0.39 is 0 Å². The monoisotopic (exact) mass is 453 g/mol. The second kappa shape index (κ2) is 14.4. The predicted octanol–water partition coefficient (Wildman–Crippen LogP) is 3.71. The average molecular weight is 454 g/mol. The Kier molecular flexibility index (Phi) is 11.2. The molecule has 1 aromatic heterocycles. The number of aliphatic imine (C=N–C) groups is 2. The van der Waals surface area contributed by atoms with Crippen LogP contribution in [0, 0.1) is 0 Å². The molecule has 3 rings (SSSR count). The maximum absolute atomic E-state index is 13.3. The number of halogens is 1. The molecule has 0 radical (unpaired) electrons. The first kappa shape index (κ1) is 25.6. The first-order valence-corrected chi connectivity index (χ1v) is 10.9. The molecule has 9 heteroatoms. The van der Waals surface area contributed by atoms with E-state index in [0.29, 0.717) is 18.8 Å². The number of amidine groups is 1. The van der Waals surface area contributed by atoms with Crippen molar-refractivity contribution in [3.05, 3.63) is 67.8 Å². The number of nitrogens with one attached hydrogen (secondary N) is 1. The lowest BCUT2D eigenvalue weighted by Crippen LogP contribution is -2.49. The first-order chi connectivity index (χ1) is 16.2. The summed E-state index contributed by atoms with van der Waals surface area (Å²) in [4.78, 5) is 24.7. The molecule has 33 heavy (non-hydrogen) atoms. The highest BCUT2D eigenvalue weighted by Crippen LogP contribution is 2.16. The van der Waals surface area contributed by atoms with Crippen LogP contribution in [-0.2, 0) is 4.79 Å². The fourth-order valence-electron chi connectivity index (χ4n) is 3.37. The third-order valence-electron chi connectivity index (χ3n) is 4.88. The van der Waals surface area contributed by atoms with Crippen molar-refractivity contribution in [3.8, 4) is 0 Å². The van der Waals surface area contributed by atoms with Crippen LogP contribution in [0.25, 0.3) is 5.70 Å². The standard InChI is InChI=1S/C22H28FN7O.C2H4/c1-2-3-9-20(30-26-11-12-27-30)14-22(31)29-13-6-8-19(16-29)28-21-10-5-4-7-18(23)15-24-17-25-21;1-2/h2-3,5,7,9-12,15,19H,4,6,8,13-14,16-17H2,1H3,(H,25,28);1-2H2/b3-2-,10-5-,18-7+,20-9+,24-15-;. The van der Waals surface area contributed by atoms with Crippen molar-refractivity contribution < 1.29 is 9.18 Å². The highest BCUT2D eigenvalue weighted by Gasteiger charge is 2.25. The summed E-state index contributed by atoms with van der Waals surface area (Å²) >= 11 is 0. The van der Waals surface area contributed by atoms with Gasteiger partial charge in [-0.2, -0.15) is 15.0 Å². The van der Waals surface area contributed by atoms with E-state index in [4.69, 9.17) is 0 Å². The summed E-state index contributed by atoms with van der Waals surface area (Å²) in [6.07, 6.45) is 17.7. The Morgan fingerprint density at radius 3 is 2.88 bits per heavy atom. The summed E-state index contributed by atoms with van der Waals surface area (Å²) in [6, 6.07) is 0.0890. The zero-order valence-corrected chi connectivity index (χ0v) is 19.1. The Morgan fingerprint density at radius 1 is 1.33 bits per heavy atom. The Balaban J connectivity index is 0.00000187. The number of likely N-dealkylation sites (tertiary alicyclic amines) is 1. The van der Waals surface area contributed by atoms with E-state index in [1.54, 1.807) is 12.4 Å². The maximum Gasteiger partial charge on any atom is 0.228 e. The lowest BCUT2D eigenvalue weighted by atomic mass is 10.0. The number of carbonyl (C=O) groups excluding carboxylic acids is 1. The zero-order chi connectivity index (χ0) is 23.9. The number of hydrogen-bond donors (Lipinski definition) is 1. The highest BCUT2D eigenvalue weighted by molar-refractivity contribution is 5.93. The molecule has 2 aliphatic heterocycles. The molecule has 0 spiro atoms. The fraction of sp³-hybridized carbons (Fsp3) is 0.375. The highest BCUT2D eigenvalue weighted by atomic mass is 19.1. The summed E-state index contributed by atoms with van der Waals surface area (Å²) in [6.45, 7) is 9.38. The van der Waals surface area contributed by atoms with Crippen LogP contribution in [-0.4, -0.2) is 63.7 Å². The van der Waals surface area contributed by atoms with Crippen molar-refractivity contribution in [3.63, 3.8) is 0 Å². The molecule has 1 fully saturated rings. The molecule has 1 atom stereocenters. The summed E-state index contributed by atoms with van der Waals surface area (Å²) in [5.41, 5.74) is 0.723. The van der Waals surface area contributed by atoms with Crippen LogP contribution in [0.15, 0.2) is 77.8 Å². The SMILES string of the molecule is C/C=C\C=C(/CC(=O)N1CCCC(NC2=N/C/N=C\C(F)=C/C/C=C\2)C1)n1nccn1.C=C. The normalized spacial score (nSPS) is 24.5. The number of amides is 1. The number of hydrogen-bond acceptors (Lipinski definition) is 6. The van der Waals surface area contributed by atoms with Gasteiger partial charge in [-0.05, 0) is 44.4 Å². The molecule has 3 heterocycles. The van der Waals surface area contributed by atoms with Gasteiger partial charge in [0.1, 0.15) is 18.3 Å². The number of nitrogens with zero attached hydrogens (tertiary/aromatic N) is 6. The number of aromatic nitrogens is 3. The summed E-state index contributed by atoms with van der Waals surface area (Å²) < 4.78 is 13.3. The maximum atomic E-state index is 13.3. The third-order valence-corrected chi connectivity index (χ3v) is 4.88. The summed E-state index contributed by atoms with van der Waals surface area (Å²) in [5, 5.41) is 11.7. The van der Waals surface area contributed by atoms with Gasteiger partial charge in [0, 0.05) is 19.1 Å². The molecular weight excluding hydrogens is 421 g/mol. The molecular formula is C24H32FN7O. The van der Waals surface area contributed by atoms with Crippen molar-refractivity contribution in [2.75, 3.05) is 19.8 Å². The van der Waals surface area contributed by atoms with Crippen molar-refractivity contribution >= 4 is 23.7 Å². The van der Waals surface area contributed by atoms with E-state index in [9.17, 15) is 9.18 Å². The number of piperidine rings is 1. The van der Waals surface area contributed by atoms with Gasteiger partial charge in [-0.25, -0.2) is 9.38 Å². The molecule has 1 N–H and O–H groups in total. The molecule has 0 aliphatic carbocycles. The van der Waals surface area contributed by atoms with Crippen LogP contribution in [0.4, 0.5) is 4.39 Å². The van der Waals surface area contributed by atoms with Crippen molar-refractivity contribution in [1.29, 1.82) is 0 Å². The van der Waals surface area contributed by atoms with Crippen LogP contribution < -0.4 is 5.32 Å². The molecule has 176 valence electrons. The molecule has 0 bridgehead atoms. The molecule has 0 aromatic carbocycles. The van der Waals surface area contributed by atoms with Crippen molar-refractivity contribution in [2.24, 2.45) is 9.98 Å². The molecule has 1 amide bonds. The van der Waals surface area contributed by atoms with Crippen LogP contribution in [0.1, 0.15) is 32.6 Å². The van der Waals surface area contributed by atoms with Crippen LogP contribution in [0.3, 0.4) is 0 Å². The lowest BCUT2D eigenvalue weighted by molar-refractivity contribution is -0.131. The quantitative estimate of drug-likeness (QED) is 0.544. The minimum Gasteiger partial charge on any atom is -0.366 e. The van der Waals surface area contributed by atoms with E-state index in [-0.39, 0.29) is 30.9 Å². The van der Waals surface area contributed by atoms with E-state index in [1.165, 1.54) is 17.1 Å². The van der Waals surface area contributed by atoms with Crippen molar-refractivity contribution in [1.82, 2.24) is 25.2 Å². The van der Waals surface area contributed by atoms with E-state index in [2.05, 4.69) is 38.7 Å². The van der Waals surface area contributed by atoms with Gasteiger partial charge in [-0.1, -0.05) is 18.2 Å². The topological polar surface area (TPSA) is 87.8 Å². The van der Waals surface area contributed by atoms with Gasteiger partial charge in [0.2, 0.25) is 5.91 Å². The average Bonchev–Trinajstić information content (AvgIpc) is 3.38. The van der Waals surface area contributed by atoms with E-state index in [1.807, 2.05) is 42.2 Å². The van der Waals surface area contributed by atoms with E-state index in [0.717, 1.165) is 25.1 Å². The molecule has 8 nitrogen and oxygen atoms in total. The number of rotatable bonds is 5. The molecule has 1 aromatic rings. The van der Waals surface area contributed by atoms with Gasteiger partial charge in [0.15, 0.2) is 0 Å². The minimum absolute atomic E-state index is 0.0354. The van der Waals surface area contributed by atoms with Crippen LogP contribution >= 0.6 is 0 Å². The smallest absolute Gasteiger partial charge is 0.228 e. The first-order valence-electron chi connectivity index (χ1n) is 10.9. The van der Waals surface area contributed by atoms with Gasteiger partial charge in [0.05, 0.1) is 30.7 Å². The minimum atomic E-state index is -0.356. The molecule has 0 saturated carbocycles. The van der Waals surface area contributed by atoms with Crippen LogP contribution in [0.5, 0.6) is 0 Å². The Labute approximate surface area is 194 Å². The Morgan fingerprint density at radius 2 is 2.12 bits per heavy atom. The Bertz CT molecular complexity index is 929. The second-order valence-electron chi connectivity index (χ2n) is 7.23. The van der Waals surface area contributed by atoms with Gasteiger partial charge in [-0.15, -0.1) is 13.2 Å². The molecule has 1 unspecified atom stereocenters. The van der Waals surface area contributed by atoms with Gasteiger partial charge in [-0.3, -0.25) is 9.79 Å². The predicted molar refractivity (Wildman–Crippen MR) is 131 cm³/mol. The van der Waals surface area contributed by atoms with E-state index >= 15 is 0 Å². The van der Waals surface area contributed by atoms with Crippen molar-refractivity contribution in [2.45, 2.75) is 38.6 Å². The second-order valence-corrected chi connectivity index (χ2v) is 7.23. The molecule has 2 aliphatic rings. The summed E-state index contributed by atoms with van der Waals surface area (Å²) in [7, 11) is 0. The van der Waals surface area contributed by atoms with Crippen LogP contribution in [0.2, 0.25) is 0 Å².